The number of halogens is 1. The molecular formula is C19H21ClN6O3S. The first-order valence-corrected chi connectivity index (χ1v) is 11.2. The number of rotatable bonds is 6. The lowest BCUT2D eigenvalue weighted by atomic mass is 10.2. The van der Waals surface area contributed by atoms with Crippen LogP contribution in [-0.4, -0.2) is 71.1 Å². The SMILES string of the molecule is COc1cc(S(=O)(=O)N2CCN(Cc3ccc(Cl)cc3)CC2)ccc1-n1cnnn1. The number of methoxy groups -OCH3 is 1. The van der Waals surface area contributed by atoms with Gasteiger partial charge in [-0.2, -0.15) is 8.99 Å². The fourth-order valence-electron chi connectivity index (χ4n) is 3.40. The second kappa shape index (κ2) is 8.68. The molecule has 4 rings (SSSR count). The van der Waals surface area contributed by atoms with Gasteiger partial charge in [-0.25, -0.2) is 8.42 Å². The number of aromatic nitrogens is 4. The van der Waals surface area contributed by atoms with Crippen molar-refractivity contribution in [1.29, 1.82) is 0 Å². The Morgan fingerprint density at radius 2 is 1.80 bits per heavy atom. The van der Waals surface area contributed by atoms with Crippen molar-refractivity contribution in [1.82, 2.24) is 29.4 Å². The molecule has 158 valence electrons. The van der Waals surface area contributed by atoms with Crippen LogP contribution in [0.4, 0.5) is 0 Å². The molecule has 0 unspecified atom stereocenters. The van der Waals surface area contributed by atoms with E-state index >= 15 is 0 Å². The van der Waals surface area contributed by atoms with Gasteiger partial charge in [-0.1, -0.05) is 23.7 Å². The van der Waals surface area contributed by atoms with Crippen molar-refractivity contribution in [3.63, 3.8) is 0 Å². The number of nitrogens with zero attached hydrogens (tertiary/aromatic N) is 6. The molecule has 2 aromatic carbocycles. The zero-order chi connectivity index (χ0) is 21.1. The monoisotopic (exact) mass is 448 g/mol. The Hall–Kier alpha value is -2.53. The molecule has 0 spiro atoms. The number of piperazine rings is 1. The van der Waals surface area contributed by atoms with E-state index in [4.69, 9.17) is 16.3 Å². The third-order valence-corrected chi connectivity index (χ3v) is 7.18. The van der Waals surface area contributed by atoms with E-state index in [1.165, 1.54) is 28.5 Å². The Bertz CT molecular complexity index is 1100. The molecule has 30 heavy (non-hydrogen) atoms. The lowest BCUT2D eigenvalue weighted by Gasteiger charge is -2.34. The summed E-state index contributed by atoms with van der Waals surface area (Å²) in [7, 11) is -2.15. The number of sulfonamides is 1. The van der Waals surface area contributed by atoms with Crippen LogP contribution in [0.5, 0.6) is 5.75 Å². The summed E-state index contributed by atoms with van der Waals surface area (Å²) in [6, 6.07) is 12.4. The van der Waals surface area contributed by atoms with E-state index < -0.39 is 10.0 Å². The van der Waals surface area contributed by atoms with Gasteiger partial charge in [0.15, 0.2) is 0 Å². The van der Waals surface area contributed by atoms with Crippen LogP contribution >= 0.6 is 11.6 Å². The molecular weight excluding hydrogens is 428 g/mol. The minimum Gasteiger partial charge on any atom is -0.494 e. The maximum absolute atomic E-state index is 13.1. The average Bonchev–Trinajstić information content (AvgIpc) is 3.30. The Kier molecular flexibility index (Phi) is 6.00. The number of hydrogen-bond donors (Lipinski definition) is 0. The van der Waals surface area contributed by atoms with Crippen molar-refractivity contribution in [3.05, 3.63) is 59.4 Å². The first-order chi connectivity index (χ1) is 14.5. The molecule has 11 heteroatoms. The normalized spacial score (nSPS) is 15.9. The predicted octanol–water partition coefficient (Wildman–Crippen LogP) is 1.83. The van der Waals surface area contributed by atoms with Crippen LogP contribution in [0.2, 0.25) is 5.02 Å². The average molecular weight is 449 g/mol. The zero-order valence-electron chi connectivity index (χ0n) is 16.3. The molecule has 1 fully saturated rings. The van der Waals surface area contributed by atoms with E-state index in [1.807, 2.05) is 24.3 Å². The maximum Gasteiger partial charge on any atom is 0.243 e. The van der Waals surface area contributed by atoms with Crippen LogP contribution in [0.15, 0.2) is 53.7 Å². The van der Waals surface area contributed by atoms with Crippen molar-refractivity contribution < 1.29 is 13.2 Å². The molecule has 0 bridgehead atoms. The van der Waals surface area contributed by atoms with Crippen molar-refractivity contribution in [2.24, 2.45) is 0 Å². The Morgan fingerprint density at radius 3 is 2.43 bits per heavy atom. The molecule has 0 N–H and O–H groups in total. The standard InChI is InChI=1S/C19H21ClN6O3S/c1-29-19-12-17(6-7-18(19)26-14-21-22-23-26)30(27,28)25-10-8-24(9-11-25)13-15-2-4-16(20)5-3-15/h2-7,12,14H,8-11,13H2,1H3. The van der Waals surface area contributed by atoms with Gasteiger partial charge in [-0.3, -0.25) is 4.90 Å². The van der Waals surface area contributed by atoms with Gasteiger partial charge in [0.25, 0.3) is 0 Å². The molecule has 9 nitrogen and oxygen atoms in total. The minimum atomic E-state index is -3.63. The Morgan fingerprint density at radius 1 is 1.07 bits per heavy atom. The second-order valence-corrected chi connectivity index (χ2v) is 9.27. The van der Waals surface area contributed by atoms with E-state index in [9.17, 15) is 8.42 Å². The van der Waals surface area contributed by atoms with Gasteiger partial charge in [0.05, 0.1) is 12.0 Å². The van der Waals surface area contributed by atoms with Gasteiger partial charge in [-0.15, -0.1) is 5.10 Å². The van der Waals surface area contributed by atoms with Gasteiger partial charge in [0.1, 0.15) is 17.8 Å². The smallest absolute Gasteiger partial charge is 0.243 e. The molecule has 3 aromatic rings. The van der Waals surface area contributed by atoms with Crippen LogP contribution in [0.3, 0.4) is 0 Å². The van der Waals surface area contributed by atoms with Crippen molar-refractivity contribution >= 4 is 21.6 Å². The topological polar surface area (TPSA) is 93.5 Å². The van der Waals surface area contributed by atoms with Crippen LogP contribution in [0.25, 0.3) is 5.69 Å². The van der Waals surface area contributed by atoms with E-state index in [-0.39, 0.29) is 4.90 Å². The fourth-order valence-corrected chi connectivity index (χ4v) is 4.97. The molecule has 0 amide bonds. The highest BCUT2D eigenvalue weighted by Crippen LogP contribution is 2.28. The molecule has 1 saturated heterocycles. The third-order valence-electron chi connectivity index (χ3n) is 5.04. The minimum absolute atomic E-state index is 0.183. The molecule has 0 saturated carbocycles. The van der Waals surface area contributed by atoms with Crippen molar-refractivity contribution in [3.8, 4) is 11.4 Å². The van der Waals surface area contributed by atoms with Gasteiger partial charge in [-0.05, 0) is 40.3 Å². The van der Waals surface area contributed by atoms with Crippen LogP contribution in [-0.2, 0) is 16.6 Å². The number of benzene rings is 2. The summed E-state index contributed by atoms with van der Waals surface area (Å²) >= 11 is 5.94. The molecule has 0 radical (unpaired) electrons. The molecule has 0 aliphatic carbocycles. The highest BCUT2D eigenvalue weighted by Gasteiger charge is 2.29. The highest BCUT2D eigenvalue weighted by molar-refractivity contribution is 7.89. The fraction of sp³-hybridized carbons (Fsp3) is 0.316. The largest absolute Gasteiger partial charge is 0.494 e. The lowest BCUT2D eigenvalue weighted by molar-refractivity contribution is 0.181. The van der Waals surface area contributed by atoms with E-state index in [0.29, 0.717) is 42.6 Å². The predicted molar refractivity (Wildman–Crippen MR) is 111 cm³/mol. The summed E-state index contributed by atoms with van der Waals surface area (Å²) in [5.74, 6) is 0.379. The zero-order valence-corrected chi connectivity index (χ0v) is 17.9. The lowest BCUT2D eigenvalue weighted by Crippen LogP contribution is -2.48. The summed E-state index contributed by atoms with van der Waals surface area (Å²) in [5, 5.41) is 11.7. The van der Waals surface area contributed by atoms with Gasteiger partial charge in [0.2, 0.25) is 10.0 Å². The number of tetrazole rings is 1. The molecule has 0 atom stereocenters. The first-order valence-electron chi connectivity index (χ1n) is 9.36. The van der Waals surface area contributed by atoms with E-state index in [2.05, 4.69) is 20.4 Å². The van der Waals surface area contributed by atoms with Crippen LogP contribution < -0.4 is 4.74 Å². The molecule has 2 heterocycles. The van der Waals surface area contributed by atoms with Crippen LogP contribution in [0, 0.1) is 0 Å². The summed E-state index contributed by atoms with van der Waals surface area (Å²) in [6.45, 7) is 2.92. The summed E-state index contributed by atoms with van der Waals surface area (Å²) in [5.41, 5.74) is 1.72. The maximum atomic E-state index is 13.1. The quantitative estimate of drug-likeness (QED) is 0.567. The summed E-state index contributed by atoms with van der Waals surface area (Å²) in [4.78, 5) is 2.42. The Labute approximate surface area is 179 Å². The molecule has 1 aliphatic rings. The molecule has 1 aliphatic heterocycles. The number of ether oxygens (including phenoxy) is 1. The second-order valence-electron chi connectivity index (χ2n) is 6.89. The first kappa shape index (κ1) is 20.7. The Balaban J connectivity index is 1.46. The van der Waals surface area contributed by atoms with Gasteiger partial charge < -0.3 is 4.74 Å². The van der Waals surface area contributed by atoms with Crippen molar-refractivity contribution in [2.45, 2.75) is 11.4 Å². The van der Waals surface area contributed by atoms with E-state index in [0.717, 1.165) is 12.1 Å². The molecule has 1 aromatic heterocycles. The van der Waals surface area contributed by atoms with Gasteiger partial charge >= 0.3 is 0 Å². The number of hydrogen-bond acceptors (Lipinski definition) is 7. The van der Waals surface area contributed by atoms with Crippen LogP contribution in [0.1, 0.15) is 5.56 Å². The van der Waals surface area contributed by atoms with Gasteiger partial charge in [0, 0.05) is 43.8 Å². The highest BCUT2D eigenvalue weighted by atomic mass is 35.5. The van der Waals surface area contributed by atoms with Crippen molar-refractivity contribution in [2.75, 3.05) is 33.3 Å². The van der Waals surface area contributed by atoms with E-state index in [1.54, 1.807) is 12.1 Å². The summed E-state index contributed by atoms with van der Waals surface area (Å²) in [6.07, 6.45) is 1.42. The summed E-state index contributed by atoms with van der Waals surface area (Å²) < 4.78 is 34.6. The third kappa shape index (κ3) is 4.31.